The van der Waals surface area contributed by atoms with Gasteiger partial charge >= 0.3 is 5.97 Å². The second-order valence-electron chi connectivity index (χ2n) is 3.18. The van der Waals surface area contributed by atoms with E-state index in [0.717, 1.165) is 0 Å². The van der Waals surface area contributed by atoms with Crippen molar-refractivity contribution in [2.24, 2.45) is 0 Å². The van der Waals surface area contributed by atoms with Gasteiger partial charge in [0.1, 0.15) is 11.5 Å². The molecule has 0 saturated carbocycles. The lowest BCUT2D eigenvalue weighted by Crippen LogP contribution is -1.96. The number of esters is 1. The highest BCUT2D eigenvalue weighted by molar-refractivity contribution is 6.34. The number of nitrogens with zero attached hydrogens (tertiary/aromatic N) is 3. The summed E-state index contributed by atoms with van der Waals surface area (Å²) in [5, 5.41) is 7.70. The largest absolute Gasteiger partial charge is 0.469 e. The maximum absolute atomic E-state index is 10.9. The van der Waals surface area contributed by atoms with Gasteiger partial charge in [-0.3, -0.25) is 9.89 Å². The first kappa shape index (κ1) is 11.5. The second kappa shape index (κ2) is 4.92. The highest BCUT2D eigenvalue weighted by Gasteiger charge is 2.08. The van der Waals surface area contributed by atoms with Crippen molar-refractivity contribution in [1.29, 1.82) is 0 Å². The lowest BCUT2D eigenvalue weighted by molar-refractivity contribution is -0.139. The molecule has 2 aromatic rings. The standard InChI is InChI=1S/C10H9ClN4O2/c1-17-7(16)4-2-3-6-8-9(11)12-5-13-10(8)15-14-6/h2-3,5H,4H2,1H3,(H,12,13,14,15). The number of carbonyl (C=O) groups excluding carboxylic acids is 1. The van der Waals surface area contributed by atoms with Crippen LogP contribution in [0, 0.1) is 0 Å². The molecule has 2 rings (SSSR count). The van der Waals surface area contributed by atoms with Crippen LogP contribution in [0.25, 0.3) is 17.1 Å². The first-order chi connectivity index (χ1) is 8.22. The number of hydrogen-bond donors (Lipinski definition) is 1. The number of rotatable bonds is 3. The van der Waals surface area contributed by atoms with Crippen molar-refractivity contribution in [1.82, 2.24) is 20.2 Å². The maximum atomic E-state index is 10.9. The zero-order valence-electron chi connectivity index (χ0n) is 8.98. The highest BCUT2D eigenvalue weighted by atomic mass is 35.5. The SMILES string of the molecule is COC(=O)CC=Cc1[nH]nc2ncnc(Cl)c12. The Morgan fingerprint density at radius 3 is 3.18 bits per heavy atom. The van der Waals surface area contributed by atoms with Crippen LogP contribution in [0.5, 0.6) is 0 Å². The zero-order valence-corrected chi connectivity index (χ0v) is 9.73. The molecule has 88 valence electrons. The quantitative estimate of drug-likeness (QED) is 0.663. The predicted molar refractivity (Wildman–Crippen MR) is 62.4 cm³/mol. The van der Waals surface area contributed by atoms with Crippen LogP contribution >= 0.6 is 11.6 Å². The van der Waals surface area contributed by atoms with Crippen LogP contribution < -0.4 is 0 Å². The fourth-order valence-corrected chi connectivity index (χ4v) is 1.55. The van der Waals surface area contributed by atoms with Crippen LogP contribution in [0.3, 0.4) is 0 Å². The molecule has 6 nitrogen and oxygen atoms in total. The summed E-state index contributed by atoms with van der Waals surface area (Å²) >= 11 is 5.94. The number of halogens is 1. The summed E-state index contributed by atoms with van der Waals surface area (Å²) in [5.74, 6) is -0.313. The molecular formula is C10H9ClN4O2. The molecule has 0 aromatic carbocycles. The second-order valence-corrected chi connectivity index (χ2v) is 3.54. The first-order valence-corrected chi connectivity index (χ1v) is 5.18. The molecule has 1 N–H and O–H groups in total. The van der Waals surface area contributed by atoms with Crippen molar-refractivity contribution in [2.75, 3.05) is 7.11 Å². The van der Waals surface area contributed by atoms with Crippen LogP contribution in [0.2, 0.25) is 5.15 Å². The van der Waals surface area contributed by atoms with Gasteiger partial charge in [0.05, 0.1) is 24.6 Å². The number of ether oxygens (including phenoxy) is 1. The molecule has 0 aliphatic rings. The van der Waals surface area contributed by atoms with Gasteiger partial charge in [-0.05, 0) is 6.08 Å². The van der Waals surface area contributed by atoms with E-state index < -0.39 is 0 Å². The molecular weight excluding hydrogens is 244 g/mol. The normalized spacial score (nSPS) is 11.2. The molecule has 0 amide bonds. The third-order valence-corrected chi connectivity index (χ3v) is 2.42. The summed E-state index contributed by atoms with van der Waals surface area (Å²) in [6.45, 7) is 0. The van der Waals surface area contributed by atoms with Crippen LogP contribution in [0.4, 0.5) is 0 Å². The van der Waals surface area contributed by atoms with E-state index in [1.54, 1.807) is 12.2 Å². The Balaban J connectivity index is 2.27. The molecule has 0 aliphatic carbocycles. The van der Waals surface area contributed by atoms with Crippen molar-refractivity contribution < 1.29 is 9.53 Å². The number of methoxy groups -OCH3 is 1. The van der Waals surface area contributed by atoms with Gasteiger partial charge in [-0.2, -0.15) is 5.10 Å². The Hall–Kier alpha value is -1.95. The molecule has 2 aromatic heterocycles. The predicted octanol–water partition coefficient (Wildman–Crippen LogP) is 1.58. The minimum absolute atomic E-state index is 0.183. The summed E-state index contributed by atoms with van der Waals surface area (Å²) in [6, 6.07) is 0. The van der Waals surface area contributed by atoms with Crippen molar-refractivity contribution in [3.8, 4) is 0 Å². The van der Waals surface area contributed by atoms with E-state index in [2.05, 4.69) is 24.9 Å². The minimum Gasteiger partial charge on any atom is -0.469 e. The summed E-state index contributed by atoms with van der Waals surface area (Å²) in [4.78, 5) is 18.7. The molecule has 0 aliphatic heterocycles. The Morgan fingerprint density at radius 2 is 2.41 bits per heavy atom. The Morgan fingerprint density at radius 1 is 1.59 bits per heavy atom. The van der Waals surface area contributed by atoms with Crippen molar-refractivity contribution >= 4 is 34.7 Å². The number of nitrogens with one attached hydrogen (secondary N) is 1. The van der Waals surface area contributed by atoms with Gasteiger partial charge in [0.2, 0.25) is 0 Å². The Bertz CT molecular complexity index is 579. The number of aromatic nitrogens is 4. The average molecular weight is 253 g/mol. The first-order valence-electron chi connectivity index (χ1n) is 4.80. The third kappa shape index (κ3) is 2.42. The third-order valence-electron chi connectivity index (χ3n) is 2.13. The van der Waals surface area contributed by atoms with Gasteiger partial charge in [-0.1, -0.05) is 17.7 Å². The minimum atomic E-state index is -0.313. The van der Waals surface area contributed by atoms with E-state index >= 15 is 0 Å². The van der Waals surface area contributed by atoms with Gasteiger partial charge < -0.3 is 4.74 Å². The number of aromatic amines is 1. The van der Waals surface area contributed by atoms with Crippen molar-refractivity contribution in [3.05, 3.63) is 23.3 Å². The Kier molecular flexibility index (Phi) is 3.34. The number of fused-ring (bicyclic) bond motifs is 1. The van der Waals surface area contributed by atoms with Gasteiger partial charge in [0.15, 0.2) is 5.65 Å². The Labute approximate surface area is 102 Å². The van der Waals surface area contributed by atoms with Gasteiger partial charge in [-0.25, -0.2) is 9.97 Å². The van der Waals surface area contributed by atoms with E-state index in [9.17, 15) is 4.79 Å². The molecule has 0 unspecified atom stereocenters. The lowest BCUT2D eigenvalue weighted by atomic mass is 10.2. The highest BCUT2D eigenvalue weighted by Crippen LogP contribution is 2.21. The summed E-state index contributed by atoms with van der Waals surface area (Å²) in [7, 11) is 1.34. The summed E-state index contributed by atoms with van der Waals surface area (Å²) in [5.41, 5.74) is 1.15. The van der Waals surface area contributed by atoms with Crippen LogP contribution in [0.1, 0.15) is 12.1 Å². The fourth-order valence-electron chi connectivity index (χ4n) is 1.32. The molecule has 17 heavy (non-hydrogen) atoms. The fraction of sp³-hybridized carbons (Fsp3) is 0.200. The smallest absolute Gasteiger partial charge is 0.309 e. The number of carbonyl (C=O) groups is 1. The van der Waals surface area contributed by atoms with E-state index in [0.29, 0.717) is 21.9 Å². The molecule has 0 fully saturated rings. The van der Waals surface area contributed by atoms with Gasteiger partial charge in [-0.15, -0.1) is 0 Å². The van der Waals surface area contributed by atoms with Crippen molar-refractivity contribution in [2.45, 2.75) is 6.42 Å². The average Bonchev–Trinajstić information content (AvgIpc) is 2.74. The van der Waals surface area contributed by atoms with Gasteiger partial charge in [0.25, 0.3) is 0 Å². The molecule has 7 heteroatoms. The summed E-state index contributed by atoms with van der Waals surface area (Å²) in [6.07, 6.45) is 4.87. The maximum Gasteiger partial charge on any atom is 0.309 e. The molecule has 0 atom stereocenters. The zero-order chi connectivity index (χ0) is 12.3. The molecule has 0 radical (unpaired) electrons. The number of H-pyrrole nitrogens is 1. The molecule has 2 heterocycles. The van der Waals surface area contributed by atoms with Crippen LogP contribution in [-0.2, 0) is 9.53 Å². The topological polar surface area (TPSA) is 80.8 Å². The van der Waals surface area contributed by atoms with Crippen LogP contribution in [0.15, 0.2) is 12.4 Å². The molecule has 0 saturated heterocycles. The van der Waals surface area contributed by atoms with E-state index in [1.165, 1.54) is 13.4 Å². The monoisotopic (exact) mass is 252 g/mol. The van der Waals surface area contributed by atoms with Gasteiger partial charge in [0, 0.05) is 0 Å². The van der Waals surface area contributed by atoms with Crippen molar-refractivity contribution in [3.63, 3.8) is 0 Å². The van der Waals surface area contributed by atoms with E-state index in [-0.39, 0.29) is 12.4 Å². The summed E-state index contributed by atoms with van der Waals surface area (Å²) < 4.78 is 4.51. The number of hydrogen-bond acceptors (Lipinski definition) is 5. The molecule has 0 bridgehead atoms. The van der Waals surface area contributed by atoms with Crippen LogP contribution in [-0.4, -0.2) is 33.2 Å². The van der Waals surface area contributed by atoms with E-state index in [1.807, 2.05) is 0 Å². The lowest BCUT2D eigenvalue weighted by Gasteiger charge is -1.93. The van der Waals surface area contributed by atoms with E-state index in [4.69, 9.17) is 11.6 Å². The molecule has 0 spiro atoms.